The summed E-state index contributed by atoms with van der Waals surface area (Å²) in [7, 11) is 0. The van der Waals surface area contributed by atoms with E-state index in [0.29, 0.717) is 5.92 Å². The molecule has 0 aliphatic heterocycles. The fourth-order valence-electron chi connectivity index (χ4n) is 1.06. The summed E-state index contributed by atoms with van der Waals surface area (Å²) in [6, 6.07) is 0. The van der Waals surface area contributed by atoms with Crippen LogP contribution in [0.5, 0.6) is 0 Å². The maximum Gasteiger partial charge on any atom is 0.339 e. The second kappa shape index (κ2) is 5.21. The number of allylic oxidation sites excluding steroid dienone is 3. The van der Waals surface area contributed by atoms with Crippen molar-refractivity contribution in [2.24, 2.45) is 11.7 Å². The summed E-state index contributed by atoms with van der Waals surface area (Å²) in [6.07, 6.45) is 3.32. The number of hydrogen-bond acceptors (Lipinski definition) is 2. The van der Waals surface area contributed by atoms with E-state index in [9.17, 15) is 4.79 Å². The molecule has 0 bridgehead atoms. The number of aliphatic carboxylic acids is 1. The van der Waals surface area contributed by atoms with Crippen LogP contribution in [0.2, 0.25) is 0 Å². The van der Waals surface area contributed by atoms with Gasteiger partial charge in [-0.2, -0.15) is 0 Å². The first-order chi connectivity index (χ1) is 6.34. The summed E-state index contributed by atoms with van der Waals surface area (Å²) in [5.41, 5.74) is 5.76. The first-order valence-corrected chi connectivity index (χ1v) is 4.32. The van der Waals surface area contributed by atoms with Gasteiger partial charge in [0.2, 0.25) is 0 Å². The van der Waals surface area contributed by atoms with Crippen molar-refractivity contribution in [1.82, 2.24) is 0 Å². The number of carboxylic acid groups (broad SMARTS) is 1. The van der Waals surface area contributed by atoms with Crippen LogP contribution in [0.1, 0.15) is 20.8 Å². The summed E-state index contributed by atoms with van der Waals surface area (Å²) in [4.78, 5) is 10.6. The van der Waals surface area contributed by atoms with Crippen LogP contribution < -0.4 is 5.73 Å². The molecule has 4 nitrogen and oxygen atoms in total. The van der Waals surface area contributed by atoms with Crippen molar-refractivity contribution in [1.29, 1.82) is 5.41 Å². The van der Waals surface area contributed by atoms with Gasteiger partial charge in [-0.3, -0.25) is 5.41 Å². The molecule has 0 saturated heterocycles. The fraction of sp³-hybridized carbons (Fsp3) is 0.400. The number of carbonyl (C=O) groups is 1. The molecule has 0 radical (unpaired) electrons. The van der Waals surface area contributed by atoms with E-state index in [1.807, 2.05) is 19.9 Å². The Bertz CT molecular complexity index is 285. The third kappa shape index (κ3) is 4.45. The van der Waals surface area contributed by atoms with Crippen LogP contribution in [-0.2, 0) is 4.79 Å². The summed E-state index contributed by atoms with van der Waals surface area (Å²) in [5, 5.41) is 15.8. The van der Waals surface area contributed by atoms with Crippen LogP contribution in [0.15, 0.2) is 23.3 Å². The SMILES string of the molecule is CC(=C\C(C)C)/C=C(\C(=N)N)C(=O)O. The van der Waals surface area contributed by atoms with Crippen molar-refractivity contribution in [3.63, 3.8) is 0 Å². The highest BCUT2D eigenvalue weighted by Gasteiger charge is 2.09. The minimum Gasteiger partial charge on any atom is -0.478 e. The van der Waals surface area contributed by atoms with Gasteiger partial charge in [0, 0.05) is 0 Å². The second-order valence-electron chi connectivity index (χ2n) is 3.43. The maximum atomic E-state index is 10.6. The van der Waals surface area contributed by atoms with Crippen molar-refractivity contribution < 1.29 is 9.90 Å². The van der Waals surface area contributed by atoms with E-state index in [1.54, 1.807) is 6.92 Å². The average molecular weight is 196 g/mol. The van der Waals surface area contributed by atoms with Crippen LogP contribution in [0.3, 0.4) is 0 Å². The lowest BCUT2D eigenvalue weighted by atomic mass is 10.1. The predicted molar refractivity (Wildman–Crippen MR) is 56.2 cm³/mol. The summed E-state index contributed by atoms with van der Waals surface area (Å²) in [5.74, 6) is -1.25. The van der Waals surface area contributed by atoms with Crippen LogP contribution in [0, 0.1) is 11.3 Å². The van der Waals surface area contributed by atoms with E-state index in [-0.39, 0.29) is 5.57 Å². The molecule has 0 unspecified atom stereocenters. The molecule has 0 aliphatic rings. The van der Waals surface area contributed by atoms with E-state index in [0.717, 1.165) is 5.57 Å². The molecule has 0 saturated carbocycles. The van der Waals surface area contributed by atoms with Crippen molar-refractivity contribution in [3.05, 3.63) is 23.3 Å². The molecule has 0 rings (SSSR count). The number of amidine groups is 1. The Balaban J connectivity index is 4.93. The number of carboxylic acids is 1. The molecule has 0 heterocycles. The largest absolute Gasteiger partial charge is 0.478 e. The Morgan fingerprint density at radius 2 is 2.00 bits per heavy atom. The molecule has 0 amide bonds. The van der Waals surface area contributed by atoms with E-state index in [2.05, 4.69) is 0 Å². The molecule has 0 spiro atoms. The van der Waals surface area contributed by atoms with Gasteiger partial charge in [-0.1, -0.05) is 25.5 Å². The molecule has 0 aromatic carbocycles. The molecule has 0 aromatic rings. The lowest BCUT2D eigenvalue weighted by Crippen LogP contribution is -2.19. The van der Waals surface area contributed by atoms with Gasteiger partial charge in [-0.25, -0.2) is 4.79 Å². The smallest absolute Gasteiger partial charge is 0.339 e. The summed E-state index contributed by atoms with van der Waals surface area (Å²) >= 11 is 0. The zero-order valence-corrected chi connectivity index (χ0v) is 8.66. The van der Waals surface area contributed by atoms with Gasteiger partial charge in [-0.15, -0.1) is 0 Å². The van der Waals surface area contributed by atoms with E-state index >= 15 is 0 Å². The van der Waals surface area contributed by atoms with Crippen LogP contribution in [0.25, 0.3) is 0 Å². The zero-order valence-electron chi connectivity index (χ0n) is 8.66. The molecular weight excluding hydrogens is 180 g/mol. The van der Waals surface area contributed by atoms with Crippen LogP contribution in [0.4, 0.5) is 0 Å². The van der Waals surface area contributed by atoms with E-state index in [4.69, 9.17) is 16.2 Å². The van der Waals surface area contributed by atoms with Gasteiger partial charge >= 0.3 is 5.97 Å². The molecule has 0 aliphatic carbocycles. The quantitative estimate of drug-likeness (QED) is 0.276. The van der Waals surface area contributed by atoms with Crippen molar-refractivity contribution in [3.8, 4) is 0 Å². The minimum atomic E-state index is -1.17. The Morgan fingerprint density at radius 3 is 2.29 bits per heavy atom. The lowest BCUT2D eigenvalue weighted by molar-refractivity contribution is -0.132. The monoisotopic (exact) mass is 196 g/mol. The number of nitrogens with two attached hydrogens (primary N) is 1. The average Bonchev–Trinajstić information content (AvgIpc) is 1.97. The van der Waals surface area contributed by atoms with E-state index in [1.165, 1.54) is 6.08 Å². The Morgan fingerprint density at radius 1 is 1.50 bits per heavy atom. The third-order valence-corrected chi connectivity index (χ3v) is 1.49. The van der Waals surface area contributed by atoms with Crippen LogP contribution >= 0.6 is 0 Å². The van der Waals surface area contributed by atoms with Gasteiger partial charge < -0.3 is 10.8 Å². The Labute approximate surface area is 83.6 Å². The highest BCUT2D eigenvalue weighted by Crippen LogP contribution is 2.06. The number of nitrogens with one attached hydrogen (secondary N) is 1. The summed E-state index contributed by atoms with van der Waals surface area (Å²) < 4.78 is 0. The van der Waals surface area contributed by atoms with Gasteiger partial charge in [-0.05, 0) is 18.9 Å². The standard InChI is InChI=1S/C10H16N2O2/c1-6(2)4-7(3)5-8(9(11)12)10(13)14/h4-6H,1-3H3,(H3,11,12)(H,13,14)/b7-4+,8-5+. The van der Waals surface area contributed by atoms with Crippen molar-refractivity contribution in [2.75, 3.05) is 0 Å². The van der Waals surface area contributed by atoms with E-state index < -0.39 is 11.8 Å². The summed E-state index contributed by atoms with van der Waals surface area (Å²) in [6.45, 7) is 5.77. The molecule has 0 aromatic heterocycles. The van der Waals surface area contributed by atoms with Crippen molar-refractivity contribution in [2.45, 2.75) is 20.8 Å². The maximum absolute atomic E-state index is 10.6. The lowest BCUT2D eigenvalue weighted by Gasteiger charge is -2.01. The third-order valence-electron chi connectivity index (χ3n) is 1.49. The molecule has 4 heteroatoms. The molecule has 0 fully saturated rings. The van der Waals surface area contributed by atoms with Crippen molar-refractivity contribution >= 4 is 11.8 Å². The molecule has 4 N–H and O–H groups in total. The van der Waals surface area contributed by atoms with Crippen LogP contribution in [-0.4, -0.2) is 16.9 Å². The fourth-order valence-corrected chi connectivity index (χ4v) is 1.06. The minimum absolute atomic E-state index is 0.167. The van der Waals surface area contributed by atoms with Gasteiger partial charge in [0.05, 0.1) is 0 Å². The number of rotatable bonds is 4. The Hall–Kier alpha value is -1.58. The highest BCUT2D eigenvalue weighted by molar-refractivity contribution is 6.16. The molecular formula is C10H16N2O2. The zero-order chi connectivity index (χ0) is 11.3. The first-order valence-electron chi connectivity index (χ1n) is 4.32. The Kier molecular flexibility index (Phi) is 4.63. The molecule has 78 valence electrons. The van der Waals surface area contributed by atoms with Gasteiger partial charge in [0.25, 0.3) is 0 Å². The molecule has 0 atom stereocenters. The highest BCUT2D eigenvalue weighted by atomic mass is 16.4. The first kappa shape index (κ1) is 12.4. The predicted octanol–water partition coefficient (Wildman–Crippen LogP) is 1.54. The second-order valence-corrected chi connectivity index (χ2v) is 3.43. The topological polar surface area (TPSA) is 87.2 Å². The number of hydrogen-bond donors (Lipinski definition) is 3. The molecule has 14 heavy (non-hydrogen) atoms. The van der Waals surface area contributed by atoms with Gasteiger partial charge in [0.15, 0.2) is 0 Å². The normalized spacial score (nSPS) is 13.1. The van der Waals surface area contributed by atoms with Gasteiger partial charge in [0.1, 0.15) is 11.4 Å².